The van der Waals surface area contributed by atoms with E-state index in [0.29, 0.717) is 12.4 Å². The van der Waals surface area contributed by atoms with Crippen molar-refractivity contribution in [3.05, 3.63) is 29.8 Å². The minimum absolute atomic E-state index is 0.104. The van der Waals surface area contributed by atoms with Crippen molar-refractivity contribution in [3.63, 3.8) is 0 Å². The average Bonchev–Trinajstić information content (AvgIpc) is 2.54. The zero-order valence-corrected chi connectivity index (χ0v) is 13.4. The molecule has 5 atom stereocenters. The van der Waals surface area contributed by atoms with Gasteiger partial charge in [-0.05, 0) is 31.5 Å². The SMILES string of the molecule is CC(C)OCc1ccc(OC2OC(C(=O)O)C(O)C(O)C2O)cc1. The summed E-state index contributed by atoms with van der Waals surface area (Å²) in [4.78, 5) is 11.0. The predicted molar refractivity (Wildman–Crippen MR) is 81.3 cm³/mol. The summed E-state index contributed by atoms with van der Waals surface area (Å²) in [7, 11) is 0. The van der Waals surface area contributed by atoms with Crippen LogP contribution in [0.4, 0.5) is 0 Å². The molecule has 0 saturated carbocycles. The van der Waals surface area contributed by atoms with Gasteiger partial charge in [-0.3, -0.25) is 0 Å². The largest absolute Gasteiger partial charge is 0.479 e. The molecular formula is C16H22O8. The molecule has 1 aromatic carbocycles. The number of benzene rings is 1. The van der Waals surface area contributed by atoms with E-state index in [1.165, 1.54) is 0 Å². The van der Waals surface area contributed by atoms with Crippen LogP contribution in [0.2, 0.25) is 0 Å². The van der Waals surface area contributed by atoms with E-state index >= 15 is 0 Å². The molecule has 1 aliphatic heterocycles. The lowest BCUT2D eigenvalue weighted by Gasteiger charge is -2.38. The van der Waals surface area contributed by atoms with Crippen LogP contribution >= 0.6 is 0 Å². The first-order valence-corrected chi connectivity index (χ1v) is 7.59. The summed E-state index contributed by atoms with van der Waals surface area (Å²) in [6.45, 7) is 4.29. The number of carboxylic acid groups (broad SMARTS) is 1. The lowest BCUT2D eigenvalue weighted by atomic mass is 9.99. The van der Waals surface area contributed by atoms with Gasteiger partial charge in [0.25, 0.3) is 0 Å². The monoisotopic (exact) mass is 342 g/mol. The third-order valence-electron chi connectivity index (χ3n) is 3.57. The molecule has 1 fully saturated rings. The summed E-state index contributed by atoms with van der Waals surface area (Å²) in [6, 6.07) is 6.74. The van der Waals surface area contributed by atoms with Crippen LogP contribution in [0, 0.1) is 0 Å². The summed E-state index contributed by atoms with van der Waals surface area (Å²) in [5.74, 6) is -1.14. The molecule has 5 unspecified atom stereocenters. The van der Waals surface area contributed by atoms with E-state index in [9.17, 15) is 20.1 Å². The number of ether oxygens (including phenoxy) is 3. The molecule has 24 heavy (non-hydrogen) atoms. The van der Waals surface area contributed by atoms with Gasteiger partial charge in [-0.15, -0.1) is 0 Å². The van der Waals surface area contributed by atoms with Crippen molar-refractivity contribution in [2.45, 2.75) is 57.3 Å². The highest BCUT2D eigenvalue weighted by atomic mass is 16.7. The maximum absolute atomic E-state index is 11.0. The van der Waals surface area contributed by atoms with Gasteiger partial charge in [0.05, 0.1) is 12.7 Å². The number of carboxylic acids is 1. The number of aliphatic hydroxyl groups is 3. The van der Waals surface area contributed by atoms with Gasteiger partial charge < -0.3 is 34.6 Å². The molecule has 0 radical (unpaired) electrons. The second-order valence-corrected chi connectivity index (χ2v) is 5.86. The molecule has 0 aliphatic carbocycles. The Balaban J connectivity index is 2.02. The second-order valence-electron chi connectivity index (χ2n) is 5.86. The number of rotatable bonds is 6. The predicted octanol–water partition coefficient (Wildman–Crippen LogP) is -0.117. The van der Waals surface area contributed by atoms with Crippen molar-refractivity contribution in [1.29, 1.82) is 0 Å². The van der Waals surface area contributed by atoms with E-state index in [1.54, 1.807) is 24.3 Å². The molecule has 0 spiro atoms. The fraction of sp³-hybridized carbons (Fsp3) is 0.562. The highest BCUT2D eigenvalue weighted by Gasteiger charge is 2.48. The normalized spacial score (nSPS) is 30.3. The molecule has 2 rings (SSSR count). The Labute approximate surface area is 139 Å². The smallest absolute Gasteiger partial charge is 0.335 e. The summed E-state index contributed by atoms with van der Waals surface area (Å²) in [6.07, 6.45) is -8.02. The molecule has 1 aromatic rings. The van der Waals surface area contributed by atoms with Gasteiger partial charge in [0, 0.05) is 0 Å². The quantitative estimate of drug-likeness (QED) is 0.564. The van der Waals surface area contributed by atoms with Crippen LogP contribution < -0.4 is 4.74 Å². The number of hydrogen-bond donors (Lipinski definition) is 4. The molecule has 8 heteroatoms. The Kier molecular flexibility index (Phi) is 6.14. The topological polar surface area (TPSA) is 126 Å². The van der Waals surface area contributed by atoms with Crippen LogP contribution in [0.3, 0.4) is 0 Å². The van der Waals surface area contributed by atoms with Gasteiger partial charge in [0.15, 0.2) is 6.10 Å². The van der Waals surface area contributed by atoms with E-state index in [0.717, 1.165) is 5.56 Å². The third kappa shape index (κ3) is 4.43. The summed E-state index contributed by atoms with van der Waals surface area (Å²) in [5.41, 5.74) is 0.917. The average molecular weight is 342 g/mol. The van der Waals surface area contributed by atoms with Crippen molar-refractivity contribution in [3.8, 4) is 5.75 Å². The Bertz CT molecular complexity index is 544. The second kappa shape index (κ2) is 7.91. The van der Waals surface area contributed by atoms with Crippen LogP contribution in [0.1, 0.15) is 19.4 Å². The highest BCUT2D eigenvalue weighted by molar-refractivity contribution is 5.73. The van der Waals surface area contributed by atoms with E-state index in [1.807, 2.05) is 13.8 Å². The maximum Gasteiger partial charge on any atom is 0.335 e. The van der Waals surface area contributed by atoms with Crippen LogP contribution in [0.5, 0.6) is 5.75 Å². The van der Waals surface area contributed by atoms with Gasteiger partial charge in [0.1, 0.15) is 24.1 Å². The zero-order chi connectivity index (χ0) is 17.9. The Morgan fingerprint density at radius 2 is 1.75 bits per heavy atom. The van der Waals surface area contributed by atoms with Crippen LogP contribution in [-0.4, -0.2) is 63.2 Å². The molecule has 4 N–H and O–H groups in total. The minimum atomic E-state index is -1.74. The highest BCUT2D eigenvalue weighted by Crippen LogP contribution is 2.25. The standard InChI is InChI=1S/C16H22O8/c1-8(2)22-7-9-3-5-10(6-4-9)23-16-13(19)11(17)12(18)14(24-16)15(20)21/h3-6,8,11-14,16-19H,7H2,1-2H3,(H,20,21). The van der Waals surface area contributed by atoms with E-state index in [-0.39, 0.29) is 6.10 Å². The lowest BCUT2D eigenvalue weighted by Crippen LogP contribution is -2.61. The van der Waals surface area contributed by atoms with Crippen molar-refractivity contribution < 1.29 is 39.4 Å². The Morgan fingerprint density at radius 3 is 2.29 bits per heavy atom. The number of carbonyl (C=O) groups is 1. The molecule has 8 nitrogen and oxygen atoms in total. The zero-order valence-electron chi connectivity index (χ0n) is 13.4. The molecule has 0 bridgehead atoms. The lowest BCUT2D eigenvalue weighted by molar-refractivity contribution is -0.271. The molecule has 1 saturated heterocycles. The van der Waals surface area contributed by atoms with Crippen molar-refractivity contribution in [2.24, 2.45) is 0 Å². The summed E-state index contributed by atoms with van der Waals surface area (Å²) < 4.78 is 15.9. The molecular weight excluding hydrogens is 320 g/mol. The Hall–Kier alpha value is -1.71. The molecule has 0 amide bonds. The first-order valence-electron chi connectivity index (χ1n) is 7.59. The van der Waals surface area contributed by atoms with Crippen molar-refractivity contribution in [1.82, 2.24) is 0 Å². The first-order chi connectivity index (χ1) is 11.3. The molecule has 0 aromatic heterocycles. The van der Waals surface area contributed by atoms with Gasteiger partial charge in [0.2, 0.25) is 6.29 Å². The van der Waals surface area contributed by atoms with Gasteiger partial charge in [-0.2, -0.15) is 0 Å². The summed E-state index contributed by atoms with van der Waals surface area (Å²) >= 11 is 0. The van der Waals surface area contributed by atoms with E-state index in [4.69, 9.17) is 19.3 Å². The molecule has 134 valence electrons. The van der Waals surface area contributed by atoms with Crippen molar-refractivity contribution in [2.75, 3.05) is 0 Å². The summed E-state index contributed by atoms with van der Waals surface area (Å²) in [5, 5.41) is 38.2. The molecule has 1 aliphatic rings. The maximum atomic E-state index is 11.0. The number of aliphatic carboxylic acids is 1. The first kappa shape index (κ1) is 18.6. The number of hydrogen-bond acceptors (Lipinski definition) is 7. The molecule has 1 heterocycles. The van der Waals surface area contributed by atoms with E-state index in [2.05, 4.69) is 0 Å². The number of aliphatic hydroxyl groups excluding tert-OH is 3. The van der Waals surface area contributed by atoms with Gasteiger partial charge in [-0.25, -0.2) is 4.79 Å². The van der Waals surface area contributed by atoms with Crippen molar-refractivity contribution >= 4 is 5.97 Å². The van der Waals surface area contributed by atoms with E-state index < -0.39 is 36.7 Å². The third-order valence-corrected chi connectivity index (χ3v) is 3.57. The van der Waals surface area contributed by atoms with Crippen LogP contribution in [0.25, 0.3) is 0 Å². The fourth-order valence-electron chi connectivity index (χ4n) is 2.21. The minimum Gasteiger partial charge on any atom is -0.479 e. The Morgan fingerprint density at radius 1 is 1.12 bits per heavy atom. The van der Waals surface area contributed by atoms with Crippen LogP contribution in [0.15, 0.2) is 24.3 Å². The van der Waals surface area contributed by atoms with Gasteiger partial charge >= 0.3 is 5.97 Å². The van der Waals surface area contributed by atoms with Crippen LogP contribution in [-0.2, 0) is 20.9 Å². The van der Waals surface area contributed by atoms with Gasteiger partial charge in [-0.1, -0.05) is 12.1 Å². The fourth-order valence-corrected chi connectivity index (χ4v) is 2.21.